The van der Waals surface area contributed by atoms with Crippen molar-refractivity contribution in [1.29, 1.82) is 0 Å². The normalized spacial score (nSPS) is 11.7. The van der Waals surface area contributed by atoms with Gasteiger partial charge in [0.1, 0.15) is 5.69 Å². The molecule has 4 aromatic rings. The van der Waals surface area contributed by atoms with E-state index in [-0.39, 0.29) is 11.3 Å². The van der Waals surface area contributed by atoms with Crippen LogP contribution in [0.4, 0.5) is 5.69 Å². The molecule has 1 N–H and O–H groups in total. The maximum absolute atomic E-state index is 13.3. The number of halogens is 1. The fraction of sp³-hybridized carbons (Fsp3) is 0.115. The molecule has 7 heteroatoms. The van der Waals surface area contributed by atoms with Gasteiger partial charge in [-0.3, -0.25) is 9.59 Å². The van der Waals surface area contributed by atoms with Crippen molar-refractivity contribution < 1.29 is 14.3 Å². The van der Waals surface area contributed by atoms with E-state index < -0.39 is 18.0 Å². The Hall–Kier alpha value is -3.90. The van der Waals surface area contributed by atoms with Crippen LogP contribution < -0.4 is 10.9 Å². The standard InChI is InChI=1S/C26H21ClN2O4/c1-16(24(30)28-19-14-12-18(27)13-15-19)33-26(32)23-22(17-8-4-3-5-9-17)20-10-6-7-11-21(20)25(31)29(23)2/h3-16H,1-2H3,(H,28,30). The summed E-state index contributed by atoms with van der Waals surface area (Å²) < 4.78 is 6.78. The molecule has 0 saturated carbocycles. The molecule has 1 aromatic heterocycles. The lowest BCUT2D eigenvalue weighted by Crippen LogP contribution is -2.32. The molecular formula is C26H21ClN2O4. The Kier molecular flexibility index (Phi) is 6.29. The van der Waals surface area contributed by atoms with Crippen molar-refractivity contribution in [2.24, 2.45) is 7.05 Å². The average molecular weight is 461 g/mol. The molecular weight excluding hydrogens is 440 g/mol. The number of anilines is 1. The predicted octanol–water partition coefficient (Wildman–Crippen LogP) is 5.04. The van der Waals surface area contributed by atoms with E-state index in [2.05, 4.69) is 5.32 Å². The van der Waals surface area contributed by atoms with Crippen LogP contribution in [0.15, 0.2) is 83.7 Å². The molecule has 3 aromatic carbocycles. The number of carbonyl (C=O) groups excluding carboxylic acids is 2. The second-order valence-electron chi connectivity index (χ2n) is 7.54. The third kappa shape index (κ3) is 4.52. The van der Waals surface area contributed by atoms with Crippen molar-refractivity contribution in [1.82, 2.24) is 4.57 Å². The van der Waals surface area contributed by atoms with Gasteiger partial charge in [-0.1, -0.05) is 60.1 Å². The van der Waals surface area contributed by atoms with Crippen molar-refractivity contribution in [2.45, 2.75) is 13.0 Å². The zero-order chi connectivity index (χ0) is 23.5. The molecule has 0 aliphatic heterocycles. The summed E-state index contributed by atoms with van der Waals surface area (Å²) in [7, 11) is 1.52. The minimum absolute atomic E-state index is 0.0797. The van der Waals surface area contributed by atoms with Crippen LogP contribution in [0.5, 0.6) is 0 Å². The van der Waals surface area contributed by atoms with Gasteiger partial charge in [-0.25, -0.2) is 4.79 Å². The van der Waals surface area contributed by atoms with Gasteiger partial charge in [0.25, 0.3) is 11.5 Å². The van der Waals surface area contributed by atoms with Crippen LogP contribution in [0.1, 0.15) is 17.4 Å². The van der Waals surface area contributed by atoms with Gasteiger partial charge in [-0.05, 0) is 48.2 Å². The molecule has 166 valence electrons. The lowest BCUT2D eigenvalue weighted by molar-refractivity contribution is -0.123. The quantitative estimate of drug-likeness (QED) is 0.423. The highest BCUT2D eigenvalue weighted by molar-refractivity contribution is 6.30. The fourth-order valence-electron chi connectivity index (χ4n) is 3.65. The van der Waals surface area contributed by atoms with Crippen LogP contribution in [0.25, 0.3) is 21.9 Å². The Labute approximate surface area is 195 Å². The number of rotatable bonds is 5. The number of fused-ring (bicyclic) bond motifs is 1. The first-order valence-electron chi connectivity index (χ1n) is 10.3. The molecule has 33 heavy (non-hydrogen) atoms. The number of nitrogens with one attached hydrogen (secondary N) is 1. The van der Waals surface area contributed by atoms with Crippen LogP contribution in [0.3, 0.4) is 0 Å². The minimum atomic E-state index is -1.10. The summed E-state index contributed by atoms with van der Waals surface area (Å²) in [4.78, 5) is 38.9. The Morgan fingerprint density at radius 3 is 2.18 bits per heavy atom. The van der Waals surface area contributed by atoms with Crippen molar-refractivity contribution >= 4 is 39.9 Å². The maximum atomic E-state index is 13.3. The van der Waals surface area contributed by atoms with E-state index in [1.54, 1.807) is 42.5 Å². The maximum Gasteiger partial charge on any atom is 0.356 e. The largest absolute Gasteiger partial charge is 0.448 e. The van der Waals surface area contributed by atoms with Crippen LogP contribution in [0.2, 0.25) is 5.02 Å². The highest BCUT2D eigenvalue weighted by Crippen LogP contribution is 2.31. The zero-order valence-corrected chi connectivity index (χ0v) is 18.8. The number of nitrogens with zero attached hydrogens (tertiary/aromatic N) is 1. The van der Waals surface area contributed by atoms with E-state index in [4.69, 9.17) is 16.3 Å². The van der Waals surface area contributed by atoms with Crippen LogP contribution >= 0.6 is 11.6 Å². The molecule has 0 aliphatic rings. The lowest BCUT2D eigenvalue weighted by atomic mass is 9.97. The fourth-order valence-corrected chi connectivity index (χ4v) is 3.77. The number of hydrogen-bond donors (Lipinski definition) is 1. The predicted molar refractivity (Wildman–Crippen MR) is 130 cm³/mol. The number of esters is 1. The van der Waals surface area contributed by atoms with Crippen LogP contribution in [-0.4, -0.2) is 22.5 Å². The number of benzene rings is 3. The van der Waals surface area contributed by atoms with E-state index in [9.17, 15) is 14.4 Å². The summed E-state index contributed by atoms with van der Waals surface area (Å²) in [6.07, 6.45) is -1.10. The highest BCUT2D eigenvalue weighted by Gasteiger charge is 2.26. The molecule has 1 unspecified atom stereocenters. The second-order valence-corrected chi connectivity index (χ2v) is 7.98. The molecule has 6 nitrogen and oxygen atoms in total. The van der Waals surface area contributed by atoms with E-state index in [1.807, 2.05) is 36.4 Å². The first-order chi connectivity index (χ1) is 15.9. The third-order valence-corrected chi connectivity index (χ3v) is 5.58. The van der Waals surface area contributed by atoms with Crippen molar-refractivity contribution in [3.63, 3.8) is 0 Å². The van der Waals surface area contributed by atoms with E-state index in [0.29, 0.717) is 27.0 Å². The van der Waals surface area contributed by atoms with Gasteiger partial charge in [0, 0.05) is 28.7 Å². The number of aromatic nitrogens is 1. The number of ether oxygens (including phenoxy) is 1. The van der Waals surface area contributed by atoms with Crippen LogP contribution in [0, 0.1) is 0 Å². The molecule has 1 atom stereocenters. The summed E-state index contributed by atoms with van der Waals surface area (Å²) in [5, 5.41) is 4.35. The minimum Gasteiger partial charge on any atom is -0.448 e. The molecule has 1 heterocycles. The summed E-state index contributed by atoms with van der Waals surface area (Å²) in [6, 6.07) is 23.0. The molecule has 0 aliphatic carbocycles. The van der Waals surface area contributed by atoms with E-state index in [0.717, 1.165) is 5.56 Å². The lowest BCUT2D eigenvalue weighted by Gasteiger charge is -2.19. The molecule has 0 radical (unpaired) electrons. The van der Waals surface area contributed by atoms with E-state index in [1.165, 1.54) is 18.5 Å². The summed E-state index contributed by atoms with van der Waals surface area (Å²) in [5.74, 6) is -1.27. The van der Waals surface area contributed by atoms with Crippen molar-refractivity contribution in [3.8, 4) is 11.1 Å². The van der Waals surface area contributed by atoms with Gasteiger partial charge in [0.15, 0.2) is 6.10 Å². The Morgan fingerprint density at radius 2 is 1.52 bits per heavy atom. The first kappa shape index (κ1) is 22.3. The van der Waals surface area contributed by atoms with Crippen molar-refractivity contribution in [2.75, 3.05) is 5.32 Å². The summed E-state index contributed by atoms with van der Waals surface area (Å²) in [6.45, 7) is 1.48. The van der Waals surface area contributed by atoms with Gasteiger partial charge in [-0.2, -0.15) is 0 Å². The Balaban J connectivity index is 1.72. The summed E-state index contributed by atoms with van der Waals surface area (Å²) >= 11 is 5.87. The smallest absolute Gasteiger partial charge is 0.356 e. The molecule has 4 rings (SSSR count). The highest BCUT2D eigenvalue weighted by atomic mass is 35.5. The zero-order valence-electron chi connectivity index (χ0n) is 18.0. The summed E-state index contributed by atoms with van der Waals surface area (Å²) in [5.41, 5.74) is 1.61. The number of amides is 1. The Bertz CT molecular complexity index is 1400. The molecule has 0 fully saturated rings. The second kappa shape index (κ2) is 9.30. The molecule has 1 amide bonds. The molecule has 0 spiro atoms. The Morgan fingerprint density at radius 1 is 0.909 bits per heavy atom. The van der Waals surface area contributed by atoms with Gasteiger partial charge in [0.2, 0.25) is 0 Å². The third-order valence-electron chi connectivity index (χ3n) is 5.32. The van der Waals surface area contributed by atoms with Gasteiger partial charge in [-0.15, -0.1) is 0 Å². The molecule has 0 bridgehead atoms. The SMILES string of the molecule is CC(OC(=O)c1c(-c2ccccc2)c2ccccc2c(=O)n1C)C(=O)Nc1ccc(Cl)cc1. The monoisotopic (exact) mass is 460 g/mol. The van der Waals surface area contributed by atoms with Gasteiger partial charge in [0.05, 0.1) is 0 Å². The number of carbonyl (C=O) groups is 2. The number of pyridine rings is 1. The van der Waals surface area contributed by atoms with E-state index >= 15 is 0 Å². The van der Waals surface area contributed by atoms with Crippen molar-refractivity contribution in [3.05, 3.63) is 99.9 Å². The number of hydrogen-bond acceptors (Lipinski definition) is 4. The van der Waals surface area contributed by atoms with Gasteiger partial charge < -0.3 is 14.6 Å². The first-order valence-corrected chi connectivity index (χ1v) is 10.7. The van der Waals surface area contributed by atoms with Crippen LogP contribution in [-0.2, 0) is 16.6 Å². The average Bonchev–Trinajstić information content (AvgIpc) is 2.83. The topological polar surface area (TPSA) is 77.4 Å². The van der Waals surface area contributed by atoms with Gasteiger partial charge >= 0.3 is 5.97 Å². The molecule has 0 saturated heterocycles.